The molecule has 1 aliphatic rings. The van der Waals surface area contributed by atoms with Crippen molar-refractivity contribution in [1.82, 2.24) is 25.7 Å². The number of rotatable bonds is 4. The number of anilines is 1. The molecule has 0 atom stereocenters. The lowest BCUT2D eigenvalue weighted by molar-refractivity contribution is 0.160. The number of aryl methyl sites for hydroxylation is 1. The Kier molecular flexibility index (Phi) is 5.29. The minimum atomic E-state index is 0.0907. The van der Waals surface area contributed by atoms with Crippen LogP contribution < -0.4 is 10.2 Å². The second kappa shape index (κ2) is 7.92. The molecule has 0 saturated carbocycles. The van der Waals surface area contributed by atoms with E-state index in [9.17, 15) is 0 Å². The van der Waals surface area contributed by atoms with Gasteiger partial charge in [-0.2, -0.15) is 5.10 Å². The number of thiophene rings is 1. The van der Waals surface area contributed by atoms with Gasteiger partial charge in [0.25, 0.3) is 0 Å². The Labute approximate surface area is 199 Å². The molecule has 5 rings (SSSR count). The minimum Gasteiger partial charge on any atom is -0.355 e. The average Bonchev–Trinajstić information content (AvgIpc) is 3.40. The summed E-state index contributed by atoms with van der Waals surface area (Å²) in [5.74, 6) is 0.922. The van der Waals surface area contributed by atoms with Crippen LogP contribution in [-0.4, -0.2) is 44.6 Å². The van der Waals surface area contributed by atoms with Crippen LogP contribution in [0.4, 0.5) is 5.82 Å². The SMILES string of the molecule is Cc1cc2c(-c3cn[nH]c3)ccc(-c3ccc(N(C)C4CC(C)(C)NC(C)(C)C4)nn3)c2s1. The number of nitrogens with zero attached hydrogens (tertiary/aromatic N) is 4. The molecule has 0 bridgehead atoms. The van der Waals surface area contributed by atoms with Crippen LogP contribution in [0.3, 0.4) is 0 Å². The molecule has 0 spiro atoms. The monoisotopic (exact) mass is 460 g/mol. The topological polar surface area (TPSA) is 69.7 Å². The van der Waals surface area contributed by atoms with E-state index in [0.29, 0.717) is 6.04 Å². The first-order chi connectivity index (χ1) is 15.6. The van der Waals surface area contributed by atoms with Crippen molar-refractivity contribution >= 4 is 27.2 Å². The molecule has 1 fully saturated rings. The summed E-state index contributed by atoms with van der Waals surface area (Å²) in [6.07, 6.45) is 5.95. The quantitative estimate of drug-likeness (QED) is 0.403. The van der Waals surface area contributed by atoms with E-state index in [1.165, 1.54) is 20.5 Å². The van der Waals surface area contributed by atoms with Crippen molar-refractivity contribution in [3.63, 3.8) is 0 Å². The molecule has 3 aromatic heterocycles. The maximum atomic E-state index is 4.67. The highest BCUT2D eigenvalue weighted by Gasteiger charge is 2.39. The fraction of sp³-hybridized carbons (Fsp3) is 0.423. The third-order valence-corrected chi connectivity index (χ3v) is 7.70. The molecule has 0 unspecified atom stereocenters. The van der Waals surface area contributed by atoms with E-state index in [1.54, 1.807) is 11.3 Å². The van der Waals surface area contributed by atoms with E-state index in [-0.39, 0.29) is 11.1 Å². The Morgan fingerprint density at radius 3 is 2.36 bits per heavy atom. The van der Waals surface area contributed by atoms with Crippen molar-refractivity contribution in [2.45, 2.75) is 64.6 Å². The highest BCUT2D eigenvalue weighted by Crippen LogP contribution is 2.40. The summed E-state index contributed by atoms with van der Waals surface area (Å²) in [7, 11) is 2.15. The summed E-state index contributed by atoms with van der Waals surface area (Å²) in [5, 5.41) is 21.4. The van der Waals surface area contributed by atoms with Gasteiger partial charge in [0, 0.05) is 56.5 Å². The molecule has 7 heteroatoms. The van der Waals surface area contributed by atoms with Gasteiger partial charge in [-0.25, -0.2) is 0 Å². The lowest BCUT2D eigenvalue weighted by atomic mass is 9.79. The molecule has 0 amide bonds. The zero-order chi connectivity index (χ0) is 23.4. The molecule has 4 aromatic rings. The lowest BCUT2D eigenvalue weighted by Gasteiger charge is -2.49. The first kappa shape index (κ1) is 22.0. The maximum Gasteiger partial charge on any atom is 0.151 e. The van der Waals surface area contributed by atoms with Crippen LogP contribution in [0.5, 0.6) is 0 Å². The summed E-state index contributed by atoms with van der Waals surface area (Å²) in [6.45, 7) is 11.3. The fourth-order valence-corrected chi connectivity index (χ4v) is 6.54. The number of fused-ring (bicyclic) bond motifs is 1. The molecule has 1 saturated heterocycles. The summed E-state index contributed by atoms with van der Waals surface area (Å²) in [6, 6.07) is 11.2. The Morgan fingerprint density at radius 1 is 1.00 bits per heavy atom. The van der Waals surface area contributed by atoms with Crippen molar-refractivity contribution in [2.24, 2.45) is 0 Å². The number of benzene rings is 1. The predicted molar refractivity (Wildman–Crippen MR) is 138 cm³/mol. The van der Waals surface area contributed by atoms with Gasteiger partial charge in [-0.1, -0.05) is 12.1 Å². The predicted octanol–water partition coefficient (Wildman–Crippen LogP) is 5.80. The molecule has 1 aromatic carbocycles. The minimum absolute atomic E-state index is 0.0907. The zero-order valence-corrected chi connectivity index (χ0v) is 21.0. The molecule has 2 N–H and O–H groups in total. The Bertz CT molecular complexity index is 1250. The number of aromatic amines is 1. The summed E-state index contributed by atoms with van der Waals surface area (Å²) in [4.78, 5) is 3.58. The summed E-state index contributed by atoms with van der Waals surface area (Å²) < 4.78 is 1.24. The van der Waals surface area contributed by atoms with E-state index in [4.69, 9.17) is 0 Å². The summed E-state index contributed by atoms with van der Waals surface area (Å²) in [5.41, 5.74) is 4.50. The fourth-order valence-electron chi connectivity index (χ4n) is 5.48. The lowest BCUT2D eigenvalue weighted by Crippen LogP contribution is -2.62. The van der Waals surface area contributed by atoms with Crippen molar-refractivity contribution in [2.75, 3.05) is 11.9 Å². The molecule has 0 aliphatic carbocycles. The van der Waals surface area contributed by atoms with Crippen molar-refractivity contribution in [3.05, 3.63) is 47.6 Å². The first-order valence-electron chi connectivity index (χ1n) is 11.5. The Hall–Kier alpha value is -2.77. The molecule has 33 heavy (non-hydrogen) atoms. The van der Waals surface area contributed by atoms with Crippen LogP contribution in [0.1, 0.15) is 45.4 Å². The average molecular weight is 461 g/mol. The normalized spacial score (nSPS) is 18.0. The number of aromatic nitrogens is 4. The highest BCUT2D eigenvalue weighted by atomic mass is 32.1. The number of piperidine rings is 1. The van der Waals surface area contributed by atoms with E-state index in [1.807, 2.05) is 12.4 Å². The van der Waals surface area contributed by atoms with Crippen LogP contribution in [0.25, 0.3) is 32.5 Å². The molecule has 4 heterocycles. The van der Waals surface area contributed by atoms with Crippen LogP contribution in [0.15, 0.2) is 42.7 Å². The molecule has 1 aliphatic heterocycles. The standard InChI is InChI=1S/C26H32N6S/c1-16-11-21-19(17-14-27-28-15-17)7-8-20(24(21)33-16)22-9-10-23(30-29-22)32(6)18-12-25(2,3)31-26(4,5)13-18/h7-11,14-15,18,31H,12-13H2,1-6H3,(H,27,28). The van der Waals surface area contributed by atoms with Gasteiger partial charge < -0.3 is 10.2 Å². The second-order valence-electron chi connectivity index (χ2n) is 10.6. The van der Waals surface area contributed by atoms with Crippen molar-refractivity contribution in [3.8, 4) is 22.4 Å². The number of nitrogens with one attached hydrogen (secondary N) is 2. The van der Waals surface area contributed by atoms with Gasteiger partial charge in [0.05, 0.1) is 11.9 Å². The van der Waals surface area contributed by atoms with Gasteiger partial charge in [-0.3, -0.25) is 5.10 Å². The number of hydrogen-bond donors (Lipinski definition) is 2. The van der Waals surface area contributed by atoms with Gasteiger partial charge in [0.15, 0.2) is 5.82 Å². The Balaban J connectivity index is 1.46. The molecular weight excluding hydrogens is 428 g/mol. The van der Waals surface area contributed by atoms with E-state index >= 15 is 0 Å². The smallest absolute Gasteiger partial charge is 0.151 e. The molecule has 0 radical (unpaired) electrons. The largest absolute Gasteiger partial charge is 0.355 e. The number of H-pyrrole nitrogens is 1. The van der Waals surface area contributed by atoms with Gasteiger partial charge >= 0.3 is 0 Å². The van der Waals surface area contributed by atoms with Gasteiger partial charge in [0.1, 0.15) is 0 Å². The summed E-state index contributed by atoms with van der Waals surface area (Å²) >= 11 is 1.80. The van der Waals surface area contributed by atoms with Crippen LogP contribution in [-0.2, 0) is 0 Å². The number of hydrogen-bond acceptors (Lipinski definition) is 6. The third kappa shape index (κ3) is 4.27. The van der Waals surface area contributed by atoms with Gasteiger partial charge in [-0.05, 0) is 71.2 Å². The van der Waals surface area contributed by atoms with Crippen LogP contribution in [0.2, 0.25) is 0 Å². The first-order valence-corrected chi connectivity index (χ1v) is 12.3. The molecule has 6 nitrogen and oxygen atoms in total. The molecule has 172 valence electrons. The van der Waals surface area contributed by atoms with E-state index in [2.05, 4.69) is 103 Å². The van der Waals surface area contributed by atoms with Gasteiger partial charge in [-0.15, -0.1) is 21.5 Å². The zero-order valence-electron chi connectivity index (χ0n) is 20.2. The second-order valence-corrected chi connectivity index (χ2v) is 11.8. The van der Waals surface area contributed by atoms with Gasteiger partial charge in [0.2, 0.25) is 0 Å². The highest BCUT2D eigenvalue weighted by molar-refractivity contribution is 7.19. The molecular formula is C26H32N6S. The van der Waals surface area contributed by atoms with E-state index < -0.39 is 0 Å². The maximum absolute atomic E-state index is 4.67. The van der Waals surface area contributed by atoms with Crippen LogP contribution in [0, 0.1) is 6.92 Å². The third-order valence-electron chi connectivity index (χ3n) is 6.62. The van der Waals surface area contributed by atoms with E-state index in [0.717, 1.165) is 35.5 Å². The van der Waals surface area contributed by atoms with Crippen LogP contribution >= 0.6 is 11.3 Å². The Morgan fingerprint density at radius 2 is 1.73 bits per heavy atom. The van der Waals surface area contributed by atoms with Crippen molar-refractivity contribution < 1.29 is 0 Å². The van der Waals surface area contributed by atoms with Crippen molar-refractivity contribution in [1.29, 1.82) is 0 Å².